The number of nitrogens with zero attached hydrogens (tertiary/aromatic N) is 4. The van der Waals surface area contributed by atoms with Crippen LogP contribution in [-0.4, -0.2) is 52.7 Å². The molecule has 8 nitrogen and oxygen atoms in total. The molecule has 5 rings (SSSR count). The van der Waals surface area contributed by atoms with E-state index < -0.39 is 6.09 Å². The first-order chi connectivity index (χ1) is 15.0. The smallest absolute Gasteiger partial charge is 0.414 e. The number of para-hydroxylation sites is 1. The summed E-state index contributed by atoms with van der Waals surface area (Å²) in [4.78, 5) is 37.9. The average molecular weight is 417 g/mol. The second-order valence-corrected chi connectivity index (χ2v) is 7.97. The molecule has 2 saturated carbocycles. The van der Waals surface area contributed by atoms with Gasteiger partial charge in [-0.25, -0.2) is 14.6 Å². The summed E-state index contributed by atoms with van der Waals surface area (Å²) in [6.45, 7) is 4.06. The van der Waals surface area contributed by atoms with Crippen LogP contribution >= 0.6 is 0 Å². The zero-order chi connectivity index (χ0) is 21.5. The summed E-state index contributed by atoms with van der Waals surface area (Å²) < 4.78 is 5.23. The predicted octanol–water partition coefficient (Wildman–Crippen LogP) is 3.57. The van der Waals surface area contributed by atoms with Crippen LogP contribution in [-0.2, 0) is 4.74 Å². The number of hydrogen-bond donors (Lipinski definition) is 1. The Labute approximate surface area is 180 Å². The van der Waals surface area contributed by atoms with Crippen molar-refractivity contribution in [3.63, 3.8) is 0 Å². The number of fused-ring (bicyclic) bond motifs is 1. The van der Waals surface area contributed by atoms with Gasteiger partial charge in [0, 0.05) is 24.8 Å². The molecule has 2 aliphatic carbocycles. The lowest BCUT2D eigenvalue weighted by atomic mass is 10.2. The van der Waals surface area contributed by atoms with E-state index >= 15 is 0 Å². The third kappa shape index (κ3) is 3.63. The molecule has 0 saturated heterocycles. The highest BCUT2D eigenvalue weighted by Crippen LogP contribution is 2.44. The van der Waals surface area contributed by atoms with Crippen molar-refractivity contribution in [2.75, 3.05) is 23.5 Å². The summed E-state index contributed by atoms with van der Waals surface area (Å²) in [5, 5.41) is 0. The maximum absolute atomic E-state index is 13.0. The molecule has 31 heavy (non-hydrogen) atoms. The number of benzene rings is 1. The van der Waals surface area contributed by atoms with Crippen molar-refractivity contribution in [1.82, 2.24) is 14.9 Å². The summed E-state index contributed by atoms with van der Waals surface area (Å²) in [5.74, 6) is 6.74. The number of urea groups is 1. The van der Waals surface area contributed by atoms with Gasteiger partial charge in [0.05, 0.1) is 5.70 Å². The Kier molecular flexibility index (Phi) is 4.66. The van der Waals surface area contributed by atoms with Crippen LogP contribution in [0.2, 0.25) is 0 Å². The number of carbonyl (C=O) groups is 2. The van der Waals surface area contributed by atoms with Crippen molar-refractivity contribution in [2.24, 2.45) is 0 Å². The largest absolute Gasteiger partial charge is 0.436 e. The van der Waals surface area contributed by atoms with Gasteiger partial charge in [0.2, 0.25) is 0 Å². The van der Waals surface area contributed by atoms with Gasteiger partial charge in [-0.3, -0.25) is 14.7 Å². The minimum Gasteiger partial charge on any atom is -0.436 e. The topological polar surface area (TPSA) is 81.8 Å². The van der Waals surface area contributed by atoms with E-state index in [4.69, 9.17) is 4.74 Å². The van der Waals surface area contributed by atoms with Crippen LogP contribution in [0.4, 0.5) is 21.1 Å². The number of aromatic amines is 1. The molecule has 1 aliphatic heterocycles. The highest BCUT2D eigenvalue weighted by molar-refractivity contribution is 6.04. The second-order valence-electron chi connectivity index (χ2n) is 7.97. The fourth-order valence-corrected chi connectivity index (χ4v) is 3.68. The Morgan fingerprint density at radius 2 is 1.90 bits per heavy atom. The SMILES string of the molecule is C=C1c2[nH]c(C#CCOC(=O)N(C)c3ccccc3)nc2N(C2CC2)C(=O)N1C1CC1. The van der Waals surface area contributed by atoms with Gasteiger partial charge in [-0.05, 0) is 43.7 Å². The number of rotatable bonds is 4. The number of H-pyrrole nitrogens is 1. The van der Waals surface area contributed by atoms with E-state index in [2.05, 4.69) is 28.4 Å². The van der Waals surface area contributed by atoms with E-state index in [1.165, 1.54) is 4.90 Å². The Morgan fingerprint density at radius 3 is 2.58 bits per heavy atom. The Bertz CT molecular complexity index is 1110. The van der Waals surface area contributed by atoms with Crippen molar-refractivity contribution in [3.8, 4) is 11.8 Å². The van der Waals surface area contributed by atoms with Crippen LogP contribution in [0.15, 0.2) is 36.9 Å². The number of aromatic nitrogens is 2. The minimum atomic E-state index is -0.488. The molecule has 0 radical (unpaired) electrons. The van der Waals surface area contributed by atoms with Crippen molar-refractivity contribution >= 4 is 29.3 Å². The highest BCUT2D eigenvalue weighted by Gasteiger charge is 2.47. The van der Waals surface area contributed by atoms with Gasteiger partial charge in [0.1, 0.15) is 5.69 Å². The molecule has 8 heteroatoms. The average Bonchev–Trinajstić information content (AvgIpc) is 3.70. The molecular formula is C23H23N5O3. The number of hydrogen-bond acceptors (Lipinski definition) is 4. The van der Waals surface area contributed by atoms with Crippen molar-refractivity contribution in [1.29, 1.82) is 0 Å². The van der Waals surface area contributed by atoms with Gasteiger partial charge in [-0.15, -0.1) is 0 Å². The van der Waals surface area contributed by atoms with Crippen LogP contribution in [0.5, 0.6) is 0 Å². The van der Waals surface area contributed by atoms with Gasteiger partial charge < -0.3 is 9.72 Å². The summed E-state index contributed by atoms with van der Waals surface area (Å²) in [5.41, 5.74) is 2.13. The first kappa shape index (κ1) is 19.2. The van der Waals surface area contributed by atoms with Gasteiger partial charge in [-0.1, -0.05) is 30.7 Å². The summed E-state index contributed by atoms with van der Waals surface area (Å²) in [6.07, 6.45) is 3.48. The molecule has 3 amide bonds. The second kappa shape index (κ2) is 7.51. The van der Waals surface area contributed by atoms with Crippen molar-refractivity contribution in [2.45, 2.75) is 37.8 Å². The first-order valence-corrected chi connectivity index (χ1v) is 10.4. The van der Waals surface area contributed by atoms with Crippen LogP contribution in [0.25, 0.3) is 5.70 Å². The van der Waals surface area contributed by atoms with Crippen LogP contribution in [0, 0.1) is 11.8 Å². The fourth-order valence-electron chi connectivity index (χ4n) is 3.68. The van der Waals surface area contributed by atoms with Gasteiger partial charge in [0.15, 0.2) is 18.2 Å². The number of anilines is 2. The molecule has 3 aliphatic rings. The zero-order valence-electron chi connectivity index (χ0n) is 17.3. The minimum absolute atomic E-state index is 0.0358. The fraction of sp³-hybridized carbons (Fsp3) is 0.348. The summed E-state index contributed by atoms with van der Waals surface area (Å²) >= 11 is 0. The molecule has 158 valence electrons. The van der Waals surface area contributed by atoms with Gasteiger partial charge in [0.25, 0.3) is 0 Å². The Hall–Kier alpha value is -3.73. The normalized spacial score (nSPS) is 17.7. The van der Waals surface area contributed by atoms with Crippen molar-refractivity contribution in [3.05, 3.63) is 48.4 Å². The van der Waals surface area contributed by atoms with Crippen LogP contribution < -0.4 is 9.80 Å². The quantitative estimate of drug-likeness (QED) is 0.771. The van der Waals surface area contributed by atoms with E-state index in [1.807, 2.05) is 30.3 Å². The molecular weight excluding hydrogens is 394 g/mol. The van der Waals surface area contributed by atoms with E-state index in [0.717, 1.165) is 37.1 Å². The number of carbonyl (C=O) groups excluding carboxylic acids is 2. The highest BCUT2D eigenvalue weighted by atomic mass is 16.6. The molecule has 1 aromatic carbocycles. The lowest BCUT2D eigenvalue weighted by Gasteiger charge is -2.35. The van der Waals surface area contributed by atoms with Crippen molar-refractivity contribution < 1.29 is 14.3 Å². The van der Waals surface area contributed by atoms with E-state index in [9.17, 15) is 9.59 Å². The van der Waals surface area contributed by atoms with E-state index in [-0.39, 0.29) is 24.7 Å². The van der Waals surface area contributed by atoms with Gasteiger partial charge in [-0.2, -0.15) is 0 Å². The molecule has 0 spiro atoms. The molecule has 0 atom stereocenters. The number of imidazole rings is 1. The number of ether oxygens (including phenoxy) is 1. The lowest BCUT2D eigenvalue weighted by Crippen LogP contribution is -2.48. The number of nitrogens with one attached hydrogen (secondary N) is 1. The standard InChI is InChI=1S/C23H23N5O3/c1-15-20-21(28(18-12-13-18)22(29)27(15)17-10-11-17)25-19(24-20)9-6-14-31-23(30)26(2)16-7-4-3-5-8-16/h3-5,7-8,17-18H,1,10-14H2,2H3,(H,24,25). The molecule has 0 unspecified atom stereocenters. The third-order valence-corrected chi connectivity index (χ3v) is 5.62. The summed E-state index contributed by atoms with van der Waals surface area (Å²) in [6, 6.07) is 9.62. The Morgan fingerprint density at radius 1 is 1.23 bits per heavy atom. The molecule has 1 N–H and O–H groups in total. The number of amides is 3. The summed E-state index contributed by atoms with van der Waals surface area (Å²) in [7, 11) is 1.65. The van der Waals surface area contributed by atoms with E-state index in [0.29, 0.717) is 17.3 Å². The molecule has 2 fully saturated rings. The third-order valence-electron chi connectivity index (χ3n) is 5.62. The molecule has 0 bridgehead atoms. The Balaban J connectivity index is 1.29. The molecule has 1 aromatic heterocycles. The zero-order valence-corrected chi connectivity index (χ0v) is 17.3. The van der Waals surface area contributed by atoms with Crippen LogP contribution in [0.3, 0.4) is 0 Å². The first-order valence-electron chi connectivity index (χ1n) is 10.4. The monoisotopic (exact) mass is 417 g/mol. The van der Waals surface area contributed by atoms with Crippen LogP contribution in [0.1, 0.15) is 37.2 Å². The lowest BCUT2D eigenvalue weighted by molar-refractivity contribution is 0.169. The van der Waals surface area contributed by atoms with E-state index in [1.54, 1.807) is 16.8 Å². The molecule has 2 heterocycles. The van der Waals surface area contributed by atoms with Gasteiger partial charge >= 0.3 is 12.1 Å². The maximum atomic E-state index is 13.0. The maximum Gasteiger partial charge on any atom is 0.414 e. The predicted molar refractivity (Wildman–Crippen MR) is 116 cm³/mol. The molecule has 2 aromatic rings.